The number of esters is 1. The number of carbonyl (C=O) groups excluding carboxylic acids is 1. The highest BCUT2D eigenvalue weighted by molar-refractivity contribution is 6.30. The molecule has 0 amide bonds. The highest BCUT2D eigenvalue weighted by Crippen LogP contribution is 2.11. The summed E-state index contributed by atoms with van der Waals surface area (Å²) in [6.07, 6.45) is 1.37. The molecule has 0 fully saturated rings. The number of benzene rings is 1. The lowest BCUT2D eigenvalue weighted by Crippen LogP contribution is -2.14. The van der Waals surface area contributed by atoms with E-state index in [1.54, 1.807) is 18.2 Å². The van der Waals surface area contributed by atoms with E-state index in [4.69, 9.17) is 22.1 Å². The summed E-state index contributed by atoms with van der Waals surface area (Å²) in [5.74, 6) is -0.294. The molecule has 94 valence electrons. The van der Waals surface area contributed by atoms with Crippen LogP contribution in [-0.2, 0) is 22.7 Å². The number of nitrogens with two attached hydrogens (primary N) is 1. The van der Waals surface area contributed by atoms with E-state index in [1.165, 1.54) is 11.0 Å². The molecule has 2 rings (SSSR count). The Bertz CT molecular complexity index is 555. The standard InChI is InChI=1S/C11H11ClN4O2/c12-9-3-1-2-8(4-9)6-18-10(17)5-16-7-14-11(13)15-16/h1-4,7H,5-6H2,(H2,13,15). The van der Waals surface area contributed by atoms with E-state index < -0.39 is 5.97 Å². The molecule has 1 aromatic carbocycles. The van der Waals surface area contributed by atoms with Gasteiger partial charge in [-0.2, -0.15) is 0 Å². The fourth-order valence-electron chi connectivity index (χ4n) is 1.35. The van der Waals surface area contributed by atoms with Gasteiger partial charge in [0.2, 0.25) is 5.95 Å². The van der Waals surface area contributed by atoms with Crippen LogP contribution >= 0.6 is 11.6 Å². The number of hydrogen-bond donors (Lipinski definition) is 1. The second kappa shape index (κ2) is 5.50. The molecule has 0 saturated heterocycles. The van der Waals surface area contributed by atoms with Crippen molar-refractivity contribution >= 4 is 23.5 Å². The molecule has 0 aliphatic heterocycles. The molecule has 2 aromatic rings. The Balaban J connectivity index is 1.85. The Morgan fingerprint density at radius 1 is 1.50 bits per heavy atom. The van der Waals surface area contributed by atoms with Crippen molar-refractivity contribution in [2.24, 2.45) is 0 Å². The number of rotatable bonds is 4. The van der Waals surface area contributed by atoms with Gasteiger partial charge in [0.1, 0.15) is 19.5 Å². The number of anilines is 1. The van der Waals surface area contributed by atoms with Gasteiger partial charge in [0.05, 0.1) is 0 Å². The van der Waals surface area contributed by atoms with Crippen LogP contribution in [0, 0.1) is 0 Å². The van der Waals surface area contributed by atoms with Crippen molar-refractivity contribution in [3.63, 3.8) is 0 Å². The van der Waals surface area contributed by atoms with E-state index in [0.717, 1.165) is 5.56 Å². The third-order valence-corrected chi connectivity index (χ3v) is 2.37. The maximum atomic E-state index is 11.5. The van der Waals surface area contributed by atoms with Crippen LogP contribution in [0.3, 0.4) is 0 Å². The molecule has 0 spiro atoms. The maximum absolute atomic E-state index is 11.5. The molecule has 7 heteroatoms. The fourth-order valence-corrected chi connectivity index (χ4v) is 1.57. The third-order valence-electron chi connectivity index (χ3n) is 2.13. The Morgan fingerprint density at radius 2 is 2.33 bits per heavy atom. The van der Waals surface area contributed by atoms with Crippen LogP contribution in [0.25, 0.3) is 0 Å². The van der Waals surface area contributed by atoms with E-state index in [9.17, 15) is 4.79 Å². The van der Waals surface area contributed by atoms with Gasteiger partial charge in [-0.25, -0.2) is 9.67 Å². The highest BCUT2D eigenvalue weighted by Gasteiger charge is 2.06. The van der Waals surface area contributed by atoms with E-state index in [0.29, 0.717) is 5.02 Å². The van der Waals surface area contributed by atoms with Gasteiger partial charge in [0, 0.05) is 5.02 Å². The van der Waals surface area contributed by atoms with Gasteiger partial charge in [-0.15, -0.1) is 5.10 Å². The smallest absolute Gasteiger partial charge is 0.328 e. The summed E-state index contributed by atoms with van der Waals surface area (Å²) in [5, 5.41) is 4.39. The molecule has 0 radical (unpaired) electrons. The number of ether oxygens (including phenoxy) is 1. The zero-order valence-electron chi connectivity index (χ0n) is 9.41. The maximum Gasteiger partial charge on any atom is 0.328 e. The number of nitrogen functional groups attached to an aromatic ring is 1. The molecular weight excluding hydrogens is 256 g/mol. The lowest BCUT2D eigenvalue weighted by atomic mass is 10.2. The van der Waals surface area contributed by atoms with Gasteiger partial charge in [0.25, 0.3) is 0 Å². The largest absolute Gasteiger partial charge is 0.459 e. The quantitative estimate of drug-likeness (QED) is 0.842. The number of hydrogen-bond acceptors (Lipinski definition) is 5. The molecule has 6 nitrogen and oxygen atoms in total. The molecule has 0 saturated carbocycles. The minimum atomic E-state index is -0.417. The molecule has 0 aliphatic rings. The molecule has 18 heavy (non-hydrogen) atoms. The second-order valence-corrected chi connectivity index (χ2v) is 4.03. The molecule has 1 heterocycles. The van der Waals surface area contributed by atoms with Gasteiger partial charge < -0.3 is 10.5 Å². The first kappa shape index (κ1) is 12.4. The van der Waals surface area contributed by atoms with Gasteiger partial charge >= 0.3 is 5.97 Å². The van der Waals surface area contributed by atoms with Gasteiger partial charge in [0.15, 0.2) is 0 Å². The molecule has 1 aromatic heterocycles. The summed E-state index contributed by atoms with van der Waals surface area (Å²) in [4.78, 5) is 15.2. The normalized spacial score (nSPS) is 10.3. The van der Waals surface area contributed by atoms with Crippen LogP contribution in [0.15, 0.2) is 30.6 Å². The lowest BCUT2D eigenvalue weighted by molar-refractivity contribution is -0.145. The number of aromatic nitrogens is 3. The Labute approximate surface area is 108 Å². The molecular formula is C11H11ClN4O2. The Kier molecular flexibility index (Phi) is 3.78. The average molecular weight is 267 g/mol. The monoisotopic (exact) mass is 266 g/mol. The van der Waals surface area contributed by atoms with Crippen molar-refractivity contribution in [1.29, 1.82) is 0 Å². The first-order valence-corrected chi connectivity index (χ1v) is 5.56. The van der Waals surface area contributed by atoms with Gasteiger partial charge in [-0.1, -0.05) is 23.7 Å². The van der Waals surface area contributed by atoms with Crippen LogP contribution in [0.2, 0.25) is 5.02 Å². The van der Waals surface area contributed by atoms with Crippen molar-refractivity contribution in [3.8, 4) is 0 Å². The van der Waals surface area contributed by atoms with Crippen molar-refractivity contribution in [3.05, 3.63) is 41.2 Å². The summed E-state index contributed by atoms with van der Waals surface area (Å²) in [6, 6.07) is 7.11. The zero-order valence-corrected chi connectivity index (χ0v) is 10.2. The predicted octanol–water partition coefficient (Wildman–Crippen LogP) is 1.26. The van der Waals surface area contributed by atoms with Crippen LogP contribution in [0.1, 0.15) is 5.56 Å². The summed E-state index contributed by atoms with van der Waals surface area (Å²) in [5.41, 5.74) is 6.15. The summed E-state index contributed by atoms with van der Waals surface area (Å²) in [7, 11) is 0. The highest BCUT2D eigenvalue weighted by atomic mass is 35.5. The van der Waals surface area contributed by atoms with Crippen LogP contribution in [0.4, 0.5) is 5.95 Å². The zero-order chi connectivity index (χ0) is 13.0. The average Bonchev–Trinajstić information content (AvgIpc) is 2.72. The van der Waals surface area contributed by atoms with Crippen molar-refractivity contribution in [2.45, 2.75) is 13.2 Å². The summed E-state index contributed by atoms with van der Waals surface area (Å²) < 4.78 is 6.38. The second-order valence-electron chi connectivity index (χ2n) is 3.59. The summed E-state index contributed by atoms with van der Waals surface area (Å²) >= 11 is 5.82. The van der Waals surface area contributed by atoms with E-state index in [-0.39, 0.29) is 19.1 Å². The number of nitrogens with zero attached hydrogens (tertiary/aromatic N) is 3. The fraction of sp³-hybridized carbons (Fsp3) is 0.182. The van der Waals surface area contributed by atoms with Crippen molar-refractivity contribution in [2.75, 3.05) is 5.73 Å². The minimum absolute atomic E-state index is 0.0230. The van der Waals surface area contributed by atoms with Crippen molar-refractivity contribution < 1.29 is 9.53 Å². The van der Waals surface area contributed by atoms with Crippen LogP contribution in [-0.4, -0.2) is 20.7 Å². The molecule has 0 aliphatic carbocycles. The first-order valence-electron chi connectivity index (χ1n) is 5.18. The number of halogens is 1. The Hall–Kier alpha value is -2.08. The van der Waals surface area contributed by atoms with Crippen LogP contribution < -0.4 is 5.73 Å². The SMILES string of the molecule is Nc1ncn(CC(=O)OCc2cccc(Cl)c2)n1. The third kappa shape index (κ3) is 3.46. The predicted molar refractivity (Wildman–Crippen MR) is 65.7 cm³/mol. The number of carbonyl (C=O) groups is 1. The molecule has 0 atom stereocenters. The Morgan fingerprint density at radius 3 is 3.00 bits per heavy atom. The van der Waals surface area contributed by atoms with E-state index in [2.05, 4.69) is 10.1 Å². The minimum Gasteiger partial charge on any atom is -0.459 e. The van der Waals surface area contributed by atoms with Crippen LogP contribution in [0.5, 0.6) is 0 Å². The van der Waals surface area contributed by atoms with Gasteiger partial charge in [-0.3, -0.25) is 4.79 Å². The lowest BCUT2D eigenvalue weighted by Gasteiger charge is -2.05. The topological polar surface area (TPSA) is 83.0 Å². The van der Waals surface area contributed by atoms with E-state index >= 15 is 0 Å². The van der Waals surface area contributed by atoms with Crippen molar-refractivity contribution in [1.82, 2.24) is 14.8 Å². The summed E-state index contributed by atoms with van der Waals surface area (Å²) in [6.45, 7) is 0.147. The molecule has 0 unspecified atom stereocenters. The van der Waals surface area contributed by atoms with E-state index in [1.807, 2.05) is 6.07 Å². The van der Waals surface area contributed by atoms with Gasteiger partial charge in [-0.05, 0) is 17.7 Å². The molecule has 2 N–H and O–H groups in total. The first-order chi connectivity index (χ1) is 8.63. The molecule has 0 bridgehead atoms.